The highest BCUT2D eigenvalue weighted by Crippen LogP contribution is 2.55. The van der Waals surface area contributed by atoms with Crippen LogP contribution in [-0.4, -0.2) is 46.3 Å². The summed E-state index contributed by atoms with van der Waals surface area (Å²) in [6, 6.07) is 0. The Balaban J connectivity index is 1.73. The quantitative estimate of drug-likeness (QED) is 0.455. The number of hydrogen-bond acceptors (Lipinski definition) is 4. The van der Waals surface area contributed by atoms with Crippen molar-refractivity contribution in [3.05, 3.63) is 34.9 Å². The maximum Gasteiger partial charge on any atom is 0.335 e. The monoisotopic (exact) mass is 419 g/mol. The highest BCUT2D eigenvalue weighted by atomic mass is 35.5. The van der Waals surface area contributed by atoms with E-state index in [1.165, 1.54) is 38.5 Å². The summed E-state index contributed by atoms with van der Waals surface area (Å²) in [7, 11) is 0. The number of hydrogen-bond donors (Lipinski definition) is 1. The fourth-order valence-corrected chi connectivity index (χ4v) is 6.64. The summed E-state index contributed by atoms with van der Waals surface area (Å²) in [4.78, 5) is 15.5. The van der Waals surface area contributed by atoms with Crippen LogP contribution < -0.4 is 0 Å². The molecule has 1 saturated heterocycles. The van der Waals surface area contributed by atoms with Crippen LogP contribution >= 0.6 is 11.6 Å². The lowest BCUT2D eigenvalue weighted by atomic mass is 9.66. The highest BCUT2D eigenvalue weighted by molar-refractivity contribution is 6.29. The molecule has 0 aromatic carbocycles. The van der Waals surface area contributed by atoms with E-state index in [0.29, 0.717) is 29.8 Å². The van der Waals surface area contributed by atoms with Gasteiger partial charge in [0, 0.05) is 34.6 Å². The summed E-state index contributed by atoms with van der Waals surface area (Å²) in [6.45, 7) is 5.59. The Morgan fingerprint density at radius 2 is 2.03 bits per heavy atom. The van der Waals surface area contributed by atoms with E-state index < -0.39 is 6.10 Å². The zero-order valence-corrected chi connectivity index (χ0v) is 18.5. The molecule has 2 fully saturated rings. The molecular weight excluding hydrogens is 386 g/mol. The van der Waals surface area contributed by atoms with Crippen LogP contribution in [-0.2, 0) is 9.53 Å². The molecule has 0 aromatic rings. The van der Waals surface area contributed by atoms with E-state index in [1.807, 2.05) is 6.08 Å². The van der Waals surface area contributed by atoms with E-state index in [1.54, 1.807) is 6.08 Å². The van der Waals surface area contributed by atoms with Gasteiger partial charge in [0.2, 0.25) is 0 Å². The van der Waals surface area contributed by atoms with Crippen molar-refractivity contribution in [2.45, 2.75) is 82.4 Å². The fourth-order valence-electron chi connectivity index (χ4n) is 6.43. The number of cyclic esters (lactones) is 1. The van der Waals surface area contributed by atoms with Crippen molar-refractivity contribution < 1.29 is 14.6 Å². The maximum atomic E-state index is 12.8. The second kappa shape index (κ2) is 8.20. The SMILES string of the molecule is C[C@H]1/C=C/[C@@H](O)/C=C(\Cl)CCOC(=O)C2=CC[C@@]3(C)CCC[C@]4(CCC[C@H]14)N3C2. The molecule has 4 nitrogen and oxygen atoms in total. The van der Waals surface area contributed by atoms with Gasteiger partial charge in [-0.25, -0.2) is 4.79 Å². The minimum atomic E-state index is -0.706. The van der Waals surface area contributed by atoms with Crippen molar-refractivity contribution in [3.8, 4) is 0 Å². The Bertz CT molecular complexity index is 744. The van der Waals surface area contributed by atoms with Crippen LogP contribution in [0.25, 0.3) is 0 Å². The predicted molar refractivity (Wildman–Crippen MR) is 116 cm³/mol. The molecule has 4 aliphatic rings. The van der Waals surface area contributed by atoms with Crippen LogP contribution in [0.5, 0.6) is 0 Å². The summed E-state index contributed by atoms with van der Waals surface area (Å²) in [5, 5.41) is 10.9. The first-order valence-electron chi connectivity index (χ1n) is 11.2. The highest BCUT2D eigenvalue weighted by Gasteiger charge is 2.56. The molecule has 1 N–H and O–H groups in total. The van der Waals surface area contributed by atoms with Gasteiger partial charge in [-0.2, -0.15) is 0 Å². The van der Waals surface area contributed by atoms with Crippen LogP contribution in [0.1, 0.15) is 65.2 Å². The van der Waals surface area contributed by atoms with Crippen LogP contribution in [0.2, 0.25) is 0 Å². The molecule has 4 rings (SSSR count). The van der Waals surface area contributed by atoms with E-state index in [9.17, 15) is 9.90 Å². The molecule has 160 valence electrons. The molecule has 2 bridgehead atoms. The Morgan fingerprint density at radius 3 is 2.86 bits per heavy atom. The summed E-state index contributed by atoms with van der Waals surface area (Å²) >= 11 is 6.23. The van der Waals surface area contributed by atoms with Crippen molar-refractivity contribution in [2.24, 2.45) is 11.8 Å². The zero-order valence-electron chi connectivity index (χ0n) is 17.7. The van der Waals surface area contributed by atoms with Gasteiger partial charge in [-0.1, -0.05) is 43.2 Å². The van der Waals surface area contributed by atoms with E-state index in [2.05, 4.69) is 30.9 Å². The predicted octanol–water partition coefficient (Wildman–Crippen LogP) is 4.72. The number of aliphatic hydroxyl groups is 1. The molecule has 0 unspecified atom stereocenters. The van der Waals surface area contributed by atoms with Gasteiger partial charge < -0.3 is 9.84 Å². The molecule has 0 amide bonds. The van der Waals surface area contributed by atoms with Gasteiger partial charge in [0.25, 0.3) is 0 Å². The van der Waals surface area contributed by atoms with Gasteiger partial charge in [-0.15, -0.1) is 0 Å². The zero-order chi connectivity index (χ0) is 20.6. The van der Waals surface area contributed by atoms with Crippen molar-refractivity contribution >= 4 is 17.6 Å². The van der Waals surface area contributed by atoms with E-state index in [4.69, 9.17) is 16.3 Å². The minimum absolute atomic E-state index is 0.117. The minimum Gasteiger partial charge on any atom is -0.462 e. The molecule has 0 radical (unpaired) electrons. The summed E-state index contributed by atoms with van der Waals surface area (Å²) in [6.07, 6.45) is 15.7. The number of allylic oxidation sites excluding steroid dienone is 1. The molecule has 5 heteroatoms. The lowest BCUT2D eigenvalue weighted by Gasteiger charge is -2.60. The molecule has 1 saturated carbocycles. The van der Waals surface area contributed by atoms with Gasteiger partial charge in [-0.05, 0) is 63.4 Å². The standard InChI is InChI=1S/C24H34ClNO3/c1-17-6-7-20(27)15-19(25)9-14-29-22(28)18-8-13-23(2)10-4-12-24(26(23)16-18)11-3-5-21(17)24/h6-8,15,17,20-21,27H,3-5,9-14,16H2,1-2H3/b7-6+,19-15-/t17-,20+,21+,23+,24-/m0/s1. The largest absolute Gasteiger partial charge is 0.462 e. The third kappa shape index (κ3) is 3.96. The second-order valence-corrected chi connectivity index (χ2v) is 10.2. The van der Waals surface area contributed by atoms with Crippen molar-refractivity contribution in [3.63, 3.8) is 0 Å². The number of rotatable bonds is 0. The molecule has 3 heterocycles. The first-order valence-corrected chi connectivity index (χ1v) is 11.6. The topological polar surface area (TPSA) is 49.8 Å². The third-order valence-corrected chi connectivity index (χ3v) is 8.20. The Morgan fingerprint density at radius 1 is 1.24 bits per heavy atom. The van der Waals surface area contributed by atoms with Crippen LogP contribution in [0.3, 0.4) is 0 Å². The van der Waals surface area contributed by atoms with Crippen LogP contribution in [0, 0.1) is 11.8 Å². The van der Waals surface area contributed by atoms with Crippen molar-refractivity contribution in [1.29, 1.82) is 0 Å². The van der Waals surface area contributed by atoms with Gasteiger partial charge in [0.1, 0.15) is 0 Å². The average Bonchev–Trinajstić information content (AvgIpc) is 3.09. The smallest absolute Gasteiger partial charge is 0.335 e. The number of piperidine rings is 1. The Hall–Kier alpha value is -1.10. The van der Waals surface area contributed by atoms with E-state index >= 15 is 0 Å². The summed E-state index contributed by atoms with van der Waals surface area (Å²) in [5.74, 6) is 0.687. The molecular formula is C24H34ClNO3. The van der Waals surface area contributed by atoms with Crippen molar-refractivity contribution in [1.82, 2.24) is 4.90 Å². The lowest BCUT2D eigenvalue weighted by Crippen LogP contribution is -2.66. The molecule has 0 aromatic heterocycles. The number of carbonyl (C=O) groups is 1. The maximum absolute atomic E-state index is 12.8. The number of ether oxygens (including phenoxy) is 1. The normalized spacial score (nSPS) is 44.4. The Kier molecular flexibility index (Phi) is 5.98. The molecule has 1 aliphatic carbocycles. The van der Waals surface area contributed by atoms with Crippen molar-refractivity contribution in [2.75, 3.05) is 13.2 Å². The number of nitrogens with zero attached hydrogens (tertiary/aromatic N) is 1. The number of halogens is 1. The number of fused-ring (bicyclic) bond motifs is 1. The molecule has 3 aliphatic heterocycles. The Labute approximate surface area is 179 Å². The summed E-state index contributed by atoms with van der Waals surface area (Å²) in [5.41, 5.74) is 1.05. The number of aliphatic hydroxyl groups excluding tert-OH is 1. The fraction of sp³-hybridized carbons (Fsp3) is 0.708. The summed E-state index contributed by atoms with van der Waals surface area (Å²) < 4.78 is 5.54. The van der Waals surface area contributed by atoms with Crippen LogP contribution in [0.4, 0.5) is 0 Å². The number of esters is 1. The van der Waals surface area contributed by atoms with Gasteiger partial charge >= 0.3 is 5.97 Å². The van der Waals surface area contributed by atoms with Gasteiger partial charge in [0.15, 0.2) is 0 Å². The van der Waals surface area contributed by atoms with E-state index in [-0.39, 0.29) is 23.7 Å². The number of carbonyl (C=O) groups excluding carboxylic acids is 1. The molecule has 5 atom stereocenters. The average molecular weight is 420 g/mol. The van der Waals surface area contributed by atoms with Crippen LogP contribution in [0.15, 0.2) is 34.9 Å². The second-order valence-electron chi connectivity index (χ2n) is 9.71. The first-order chi connectivity index (χ1) is 13.8. The molecule has 1 spiro atoms. The van der Waals surface area contributed by atoms with Gasteiger partial charge in [0.05, 0.1) is 12.7 Å². The third-order valence-electron chi connectivity index (χ3n) is 7.88. The lowest BCUT2D eigenvalue weighted by molar-refractivity contribution is -0.141. The van der Waals surface area contributed by atoms with Gasteiger partial charge in [-0.3, -0.25) is 4.90 Å². The molecule has 29 heavy (non-hydrogen) atoms. The van der Waals surface area contributed by atoms with E-state index in [0.717, 1.165) is 12.0 Å². The first kappa shape index (κ1) is 21.1.